The fourth-order valence-electron chi connectivity index (χ4n) is 4.31. The number of aliphatic hydroxyl groups is 1. The van der Waals surface area contributed by atoms with Gasteiger partial charge in [-0.3, -0.25) is 9.59 Å². The first-order chi connectivity index (χ1) is 20.0. The molecule has 0 saturated heterocycles. The van der Waals surface area contributed by atoms with E-state index >= 15 is 0 Å². The summed E-state index contributed by atoms with van der Waals surface area (Å²) < 4.78 is 82.2. The molecule has 3 atom stereocenters. The number of carbonyl (C=O) groups is 3. The second-order valence-electron chi connectivity index (χ2n) is 10.4. The number of hydrogen-bond acceptors (Lipinski definition) is 5. The first-order valence-electron chi connectivity index (χ1n) is 13.3. The molecule has 0 spiro atoms. The van der Waals surface area contributed by atoms with Crippen LogP contribution in [-0.4, -0.2) is 77.8 Å². The number of rotatable bonds is 8. The number of ether oxygens (including phenoxy) is 1. The molecule has 1 aliphatic heterocycles. The molecule has 1 heterocycles. The molecule has 236 valence electrons. The quantitative estimate of drug-likeness (QED) is 0.345. The number of amides is 4. The van der Waals surface area contributed by atoms with E-state index < -0.39 is 60.7 Å². The second kappa shape index (κ2) is 13.5. The largest absolute Gasteiger partial charge is 0.487 e. The van der Waals surface area contributed by atoms with Gasteiger partial charge in [0.25, 0.3) is 5.91 Å². The Morgan fingerprint density at radius 3 is 2.28 bits per heavy atom. The van der Waals surface area contributed by atoms with E-state index in [2.05, 4.69) is 10.6 Å². The third-order valence-electron chi connectivity index (χ3n) is 6.85. The predicted octanol–water partition coefficient (Wildman–Crippen LogP) is 5.37. The summed E-state index contributed by atoms with van der Waals surface area (Å²) in [6.07, 6.45) is -11.9. The molecule has 0 unspecified atom stereocenters. The van der Waals surface area contributed by atoms with Crippen molar-refractivity contribution in [3.8, 4) is 5.75 Å². The molecule has 4 amide bonds. The Morgan fingerprint density at radius 2 is 1.70 bits per heavy atom. The van der Waals surface area contributed by atoms with Crippen molar-refractivity contribution in [2.45, 2.75) is 51.2 Å². The van der Waals surface area contributed by atoms with Crippen LogP contribution >= 0.6 is 0 Å². The highest BCUT2D eigenvalue weighted by atomic mass is 19.4. The Labute approximate surface area is 243 Å². The van der Waals surface area contributed by atoms with E-state index in [1.54, 1.807) is 13.8 Å². The number of nitrogens with zero attached hydrogens (tertiary/aromatic N) is 2. The summed E-state index contributed by atoms with van der Waals surface area (Å²) in [5.74, 6) is -1.73. The third kappa shape index (κ3) is 9.24. The maximum Gasteiger partial charge on any atom is 0.416 e. The minimum Gasteiger partial charge on any atom is -0.487 e. The Morgan fingerprint density at radius 1 is 1.07 bits per heavy atom. The molecular formula is C28H32F6N4O5. The highest BCUT2D eigenvalue weighted by Crippen LogP contribution is 2.32. The minimum absolute atomic E-state index is 0.0114. The Kier molecular flexibility index (Phi) is 10.5. The number of aliphatic hydroxyl groups excluding tert-OH is 1. The molecule has 3 N–H and O–H groups in total. The number of anilines is 2. The van der Waals surface area contributed by atoms with Gasteiger partial charge in [0.1, 0.15) is 11.9 Å². The average Bonchev–Trinajstić information content (AvgIpc) is 2.93. The number of likely N-dealkylation sites (N-methyl/N-ethyl adjacent to an activating group) is 1. The highest BCUT2D eigenvalue weighted by molar-refractivity contribution is 6.00. The van der Waals surface area contributed by atoms with Crippen molar-refractivity contribution in [2.75, 3.05) is 37.4 Å². The number of urea groups is 1. The molecule has 0 aromatic heterocycles. The fraction of sp³-hybridized carbons (Fsp3) is 0.464. The number of nitrogens with one attached hydrogen (secondary N) is 2. The number of fused-ring (bicyclic) bond motifs is 1. The van der Waals surface area contributed by atoms with Gasteiger partial charge in [-0.1, -0.05) is 6.92 Å². The summed E-state index contributed by atoms with van der Waals surface area (Å²) in [7, 11) is 1.45. The topological polar surface area (TPSA) is 111 Å². The van der Waals surface area contributed by atoms with Crippen molar-refractivity contribution in [1.82, 2.24) is 9.80 Å². The van der Waals surface area contributed by atoms with Gasteiger partial charge in [0.2, 0.25) is 5.91 Å². The zero-order chi connectivity index (χ0) is 32.1. The minimum atomic E-state index is -4.52. The van der Waals surface area contributed by atoms with Crippen LogP contribution in [0.5, 0.6) is 5.75 Å². The SMILES string of the molecule is C[C@@H]1CN([C@@H](C)CO)C(=O)c2cc(NC(=O)CCC(F)(F)F)ccc2O[C@H]1CN(C)C(=O)Nc1ccc(C(F)(F)F)cc1. The zero-order valence-electron chi connectivity index (χ0n) is 23.6. The van der Waals surface area contributed by atoms with Gasteiger partial charge in [0.15, 0.2) is 0 Å². The van der Waals surface area contributed by atoms with Gasteiger partial charge >= 0.3 is 18.4 Å². The number of halogens is 6. The Bertz CT molecular complexity index is 1300. The second-order valence-corrected chi connectivity index (χ2v) is 10.4. The molecule has 0 aliphatic carbocycles. The fourth-order valence-corrected chi connectivity index (χ4v) is 4.31. The van der Waals surface area contributed by atoms with Gasteiger partial charge in [0, 0.05) is 37.3 Å². The monoisotopic (exact) mass is 618 g/mol. The van der Waals surface area contributed by atoms with Crippen LogP contribution < -0.4 is 15.4 Å². The standard InChI is InChI=1S/C28H32F6N4O5/c1-16-13-38(17(2)15-39)25(41)21-12-20(35-24(40)10-11-27(29,30)31)8-9-22(21)43-23(16)14-37(3)26(42)36-19-6-4-18(5-7-19)28(32,33)34/h4-9,12,16-17,23,39H,10-11,13-15H2,1-3H3,(H,35,40)(H,36,42)/t16-,17+,23+/m1/s1. The van der Waals surface area contributed by atoms with E-state index in [4.69, 9.17) is 4.74 Å². The van der Waals surface area contributed by atoms with Crippen LogP contribution in [0.4, 0.5) is 42.5 Å². The number of hydrogen-bond donors (Lipinski definition) is 3. The van der Waals surface area contributed by atoms with Crippen LogP contribution in [-0.2, 0) is 11.0 Å². The summed E-state index contributed by atoms with van der Waals surface area (Å²) in [5.41, 5.74) is -0.671. The van der Waals surface area contributed by atoms with Gasteiger partial charge in [-0.05, 0) is 49.4 Å². The van der Waals surface area contributed by atoms with Gasteiger partial charge in [0.05, 0.1) is 36.7 Å². The molecule has 2 aromatic rings. The summed E-state index contributed by atoms with van der Waals surface area (Å²) in [6.45, 7) is 3.10. The lowest BCUT2D eigenvalue weighted by atomic mass is 9.99. The Balaban J connectivity index is 1.81. The van der Waals surface area contributed by atoms with Crippen LogP contribution in [0.1, 0.15) is 42.6 Å². The number of benzene rings is 2. The first-order valence-corrected chi connectivity index (χ1v) is 13.3. The van der Waals surface area contributed by atoms with Crippen molar-refractivity contribution in [3.05, 3.63) is 53.6 Å². The lowest BCUT2D eigenvalue weighted by Gasteiger charge is -2.38. The van der Waals surface area contributed by atoms with E-state index in [9.17, 15) is 45.8 Å². The summed E-state index contributed by atoms with van der Waals surface area (Å²) in [5, 5.41) is 14.6. The molecule has 0 radical (unpaired) electrons. The molecule has 2 aromatic carbocycles. The van der Waals surface area contributed by atoms with Crippen LogP contribution in [0.3, 0.4) is 0 Å². The smallest absolute Gasteiger partial charge is 0.416 e. The molecule has 0 fully saturated rings. The normalized spacial score (nSPS) is 18.1. The van der Waals surface area contributed by atoms with Crippen molar-refractivity contribution in [3.63, 3.8) is 0 Å². The molecular weight excluding hydrogens is 586 g/mol. The summed E-state index contributed by atoms with van der Waals surface area (Å²) in [4.78, 5) is 41.0. The van der Waals surface area contributed by atoms with E-state index in [1.165, 1.54) is 35.0 Å². The van der Waals surface area contributed by atoms with Crippen molar-refractivity contribution in [2.24, 2.45) is 5.92 Å². The third-order valence-corrected chi connectivity index (χ3v) is 6.85. The highest BCUT2D eigenvalue weighted by Gasteiger charge is 2.35. The van der Waals surface area contributed by atoms with Crippen molar-refractivity contribution in [1.29, 1.82) is 0 Å². The number of alkyl halides is 6. The first kappa shape index (κ1) is 33.5. The van der Waals surface area contributed by atoms with Crippen molar-refractivity contribution < 1.29 is 50.6 Å². The zero-order valence-corrected chi connectivity index (χ0v) is 23.6. The summed E-state index contributed by atoms with van der Waals surface area (Å²) >= 11 is 0. The predicted molar refractivity (Wildman–Crippen MR) is 145 cm³/mol. The van der Waals surface area contributed by atoms with E-state index in [0.29, 0.717) is 0 Å². The molecule has 15 heteroatoms. The van der Waals surface area contributed by atoms with Gasteiger partial charge < -0.3 is 30.3 Å². The van der Waals surface area contributed by atoms with Crippen LogP contribution in [0.25, 0.3) is 0 Å². The summed E-state index contributed by atoms with van der Waals surface area (Å²) in [6, 6.07) is 6.68. The maximum atomic E-state index is 13.5. The maximum absolute atomic E-state index is 13.5. The molecule has 0 bridgehead atoms. The molecule has 3 rings (SSSR count). The van der Waals surface area contributed by atoms with Crippen LogP contribution in [0.15, 0.2) is 42.5 Å². The molecule has 43 heavy (non-hydrogen) atoms. The van der Waals surface area contributed by atoms with E-state index in [-0.39, 0.29) is 48.3 Å². The number of carbonyl (C=O) groups excluding carboxylic acids is 3. The van der Waals surface area contributed by atoms with Gasteiger partial charge in [-0.15, -0.1) is 0 Å². The molecule has 9 nitrogen and oxygen atoms in total. The van der Waals surface area contributed by atoms with Crippen molar-refractivity contribution >= 4 is 29.2 Å². The molecule has 0 saturated carbocycles. The van der Waals surface area contributed by atoms with Crippen LogP contribution in [0.2, 0.25) is 0 Å². The van der Waals surface area contributed by atoms with Crippen LogP contribution in [0, 0.1) is 5.92 Å². The lowest BCUT2D eigenvalue weighted by Crippen LogP contribution is -2.50. The van der Waals surface area contributed by atoms with Gasteiger partial charge in [-0.25, -0.2) is 4.79 Å². The average molecular weight is 619 g/mol. The molecule has 1 aliphatic rings. The lowest BCUT2D eigenvalue weighted by molar-refractivity contribution is -0.142. The van der Waals surface area contributed by atoms with E-state index in [0.717, 1.165) is 24.3 Å². The Hall–Kier alpha value is -4.01. The van der Waals surface area contributed by atoms with E-state index in [1.807, 2.05) is 0 Å². The van der Waals surface area contributed by atoms with Gasteiger partial charge in [-0.2, -0.15) is 26.3 Å².